The van der Waals surface area contributed by atoms with Crippen LogP contribution in [0.5, 0.6) is 0 Å². The lowest BCUT2D eigenvalue weighted by Gasteiger charge is -2.17. The molecule has 132 valence electrons. The summed E-state index contributed by atoms with van der Waals surface area (Å²) >= 11 is 0. The largest absolute Gasteiger partial charge is 0.339 e. The molecule has 0 aliphatic heterocycles. The molecule has 0 atom stereocenters. The van der Waals surface area contributed by atoms with Crippen molar-refractivity contribution >= 4 is 18.0 Å². The number of aryl methyl sites for hydroxylation is 3. The number of nitrogens with one attached hydrogen (secondary N) is 1. The Bertz CT molecular complexity index is 739. The third-order valence-corrected chi connectivity index (χ3v) is 4.42. The molecular formula is C20H26N3O2+. The number of pyridine rings is 1. The van der Waals surface area contributed by atoms with Gasteiger partial charge in [0.1, 0.15) is 12.6 Å². The normalized spacial score (nSPS) is 10.4. The molecule has 0 saturated carbocycles. The molecule has 0 saturated heterocycles. The highest BCUT2D eigenvalue weighted by Crippen LogP contribution is 2.16. The average Bonchev–Trinajstić information content (AvgIpc) is 2.63. The summed E-state index contributed by atoms with van der Waals surface area (Å²) in [7, 11) is 1.96. The molecule has 2 rings (SSSR count). The second-order valence-corrected chi connectivity index (χ2v) is 5.92. The summed E-state index contributed by atoms with van der Waals surface area (Å²) in [6.45, 7) is 5.39. The first-order valence-electron chi connectivity index (χ1n) is 8.66. The van der Waals surface area contributed by atoms with Gasteiger partial charge in [0, 0.05) is 31.3 Å². The van der Waals surface area contributed by atoms with Crippen LogP contribution in [0.2, 0.25) is 0 Å². The molecule has 0 aliphatic rings. The van der Waals surface area contributed by atoms with Gasteiger partial charge in [-0.15, -0.1) is 0 Å². The van der Waals surface area contributed by atoms with Gasteiger partial charge in [0.05, 0.1) is 0 Å². The van der Waals surface area contributed by atoms with Gasteiger partial charge in [0.25, 0.3) is 5.91 Å². The second-order valence-electron chi connectivity index (χ2n) is 5.92. The molecule has 2 amide bonds. The average molecular weight is 340 g/mol. The van der Waals surface area contributed by atoms with Crippen molar-refractivity contribution in [1.82, 2.24) is 4.90 Å². The molecule has 2 aromatic rings. The number of carbonyl (C=O) groups excluding carboxylic acids is 2. The molecule has 1 aromatic carbocycles. The van der Waals surface area contributed by atoms with Crippen LogP contribution in [-0.2, 0) is 24.7 Å². The fourth-order valence-corrected chi connectivity index (χ4v) is 2.92. The van der Waals surface area contributed by atoms with Gasteiger partial charge >= 0.3 is 0 Å². The van der Waals surface area contributed by atoms with Crippen molar-refractivity contribution in [3.8, 4) is 0 Å². The van der Waals surface area contributed by atoms with Gasteiger partial charge < -0.3 is 10.2 Å². The minimum absolute atomic E-state index is 0.0627. The lowest BCUT2D eigenvalue weighted by molar-refractivity contribution is -0.679. The molecule has 1 heterocycles. The maximum atomic E-state index is 12.4. The van der Waals surface area contributed by atoms with Crippen molar-refractivity contribution in [2.24, 2.45) is 7.05 Å². The Morgan fingerprint density at radius 1 is 1.12 bits per heavy atom. The van der Waals surface area contributed by atoms with Crippen LogP contribution < -0.4 is 9.88 Å². The number of anilines is 1. The van der Waals surface area contributed by atoms with E-state index in [9.17, 15) is 9.59 Å². The number of rotatable bonds is 8. The monoisotopic (exact) mass is 340 g/mol. The van der Waals surface area contributed by atoms with E-state index in [2.05, 4.69) is 5.32 Å². The van der Waals surface area contributed by atoms with Crippen molar-refractivity contribution in [2.45, 2.75) is 26.7 Å². The number of nitrogens with zero attached hydrogens (tertiary/aromatic N) is 2. The van der Waals surface area contributed by atoms with E-state index in [0.717, 1.165) is 29.8 Å². The van der Waals surface area contributed by atoms with Crippen LogP contribution in [0.4, 0.5) is 5.69 Å². The van der Waals surface area contributed by atoms with E-state index in [0.29, 0.717) is 25.1 Å². The zero-order chi connectivity index (χ0) is 18.2. The molecule has 25 heavy (non-hydrogen) atoms. The number of aromatic nitrogens is 1. The zero-order valence-corrected chi connectivity index (χ0v) is 15.2. The van der Waals surface area contributed by atoms with Crippen LogP contribution >= 0.6 is 0 Å². The fraction of sp³-hybridized carbons (Fsp3) is 0.350. The SMILES string of the molecule is CCN(CC)C(=O)c1ccc(CCc2ccccc2NC=O)[n+](C)c1. The predicted molar refractivity (Wildman–Crippen MR) is 98.4 cm³/mol. The van der Waals surface area contributed by atoms with Gasteiger partial charge in [0.2, 0.25) is 6.41 Å². The summed E-state index contributed by atoms with van der Waals surface area (Å²) in [5, 5.41) is 2.74. The summed E-state index contributed by atoms with van der Waals surface area (Å²) < 4.78 is 2.01. The van der Waals surface area contributed by atoms with E-state index in [-0.39, 0.29) is 5.91 Å². The molecule has 0 spiro atoms. The lowest BCUT2D eigenvalue weighted by atomic mass is 10.0. The Labute approximate surface area is 149 Å². The first-order valence-corrected chi connectivity index (χ1v) is 8.66. The second kappa shape index (κ2) is 8.97. The number of hydrogen-bond donors (Lipinski definition) is 1. The quantitative estimate of drug-likeness (QED) is 0.592. The standard InChI is InChI=1S/C20H25N3O2/c1-4-23(5-2)20(25)17-11-13-18(22(3)14-17)12-10-16-8-6-7-9-19(16)21-15-24/h6-9,11,13-15H,4-5,10,12H2,1-3H3/p+1. The smallest absolute Gasteiger partial charge is 0.259 e. The van der Waals surface area contributed by atoms with Gasteiger partial charge in [0.15, 0.2) is 11.9 Å². The number of para-hydroxylation sites is 1. The summed E-state index contributed by atoms with van der Waals surface area (Å²) in [5.41, 5.74) is 3.78. The van der Waals surface area contributed by atoms with Crippen LogP contribution in [0.3, 0.4) is 0 Å². The number of carbonyl (C=O) groups is 2. The molecule has 0 fully saturated rings. The maximum Gasteiger partial charge on any atom is 0.259 e. The molecule has 5 heteroatoms. The number of hydrogen-bond acceptors (Lipinski definition) is 2. The molecule has 0 unspecified atom stereocenters. The van der Waals surface area contributed by atoms with E-state index in [1.54, 1.807) is 0 Å². The third-order valence-electron chi connectivity index (χ3n) is 4.42. The molecule has 0 bridgehead atoms. The van der Waals surface area contributed by atoms with E-state index < -0.39 is 0 Å². The van der Waals surface area contributed by atoms with Gasteiger partial charge in [-0.05, 0) is 38.0 Å². The Kier molecular flexibility index (Phi) is 6.69. The maximum absolute atomic E-state index is 12.4. The van der Waals surface area contributed by atoms with Crippen LogP contribution in [0.25, 0.3) is 0 Å². The van der Waals surface area contributed by atoms with Gasteiger partial charge in [-0.3, -0.25) is 9.59 Å². The van der Waals surface area contributed by atoms with Gasteiger partial charge in [-0.25, -0.2) is 4.57 Å². The minimum Gasteiger partial charge on any atom is -0.339 e. The van der Waals surface area contributed by atoms with Crippen LogP contribution in [0, 0.1) is 0 Å². The van der Waals surface area contributed by atoms with Crippen molar-refractivity contribution in [2.75, 3.05) is 18.4 Å². The highest BCUT2D eigenvalue weighted by atomic mass is 16.2. The zero-order valence-electron chi connectivity index (χ0n) is 15.2. The van der Waals surface area contributed by atoms with E-state index in [1.165, 1.54) is 0 Å². The Morgan fingerprint density at radius 3 is 2.48 bits per heavy atom. The highest BCUT2D eigenvalue weighted by Gasteiger charge is 2.17. The predicted octanol–water partition coefficient (Wildman–Crippen LogP) is 2.35. The molecule has 1 aromatic heterocycles. The molecule has 1 N–H and O–H groups in total. The lowest BCUT2D eigenvalue weighted by Crippen LogP contribution is -2.37. The van der Waals surface area contributed by atoms with Crippen LogP contribution in [-0.4, -0.2) is 30.3 Å². The topological polar surface area (TPSA) is 53.3 Å². The van der Waals surface area contributed by atoms with E-state index >= 15 is 0 Å². The first kappa shape index (κ1) is 18.6. The fourth-order valence-electron chi connectivity index (χ4n) is 2.92. The van der Waals surface area contributed by atoms with Crippen LogP contribution in [0.1, 0.15) is 35.5 Å². The number of amides is 2. The summed E-state index contributed by atoms with van der Waals surface area (Å²) in [4.78, 5) is 25.0. The van der Waals surface area contributed by atoms with E-state index in [1.807, 2.05) is 73.0 Å². The highest BCUT2D eigenvalue weighted by molar-refractivity contribution is 5.93. The van der Waals surface area contributed by atoms with Crippen molar-refractivity contribution in [3.05, 3.63) is 59.4 Å². The summed E-state index contributed by atoms with van der Waals surface area (Å²) in [6, 6.07) is 11.7. The first-order chi connectivity index (χ1) is 12.1. The molecular weight excluding hydrogens is 314 g/mol. The Balaban J connectivity index is 2.12. The van der Waals surface area contributed by atoms with Gasteiger partial charge in [-0.2, -0.15) is 0 Å². The molecule has 0 aliphatic carbocycles. The van der Waals surface area contributed by atoms with Crippen molar-refractivity contribution < 1.29 is 14.2 Å². The summed E-state index contributed by atoms with van der Waals surface area (Å²) in [6.07, 6.45) is 4.24. The Hall–Kier alpha value is -2.69. The summed E-state index contributed by atoms with van der Waals surface area (Å²) in [5.74, 6) is 0.0627. The third kappa shape index (κ3) is 4.66. The van der Waals surface area contributed by atoms with Gasteiger partial charge in [-0.1, -0.05) is 18.2 Å². The molecule has 0 radical (unpaired) electrons. The molecule has 5 nitrogen and oxygen atoms in total. The minimum atomic E-state index is 0.0627. The van der Waals surface area contributed by atoms with Crippen molar-refractivity contribution in [3.63, 3.8) is 0 Å². The van der Waals surface area contributed by atoms with E-state index in [4.69, 9.17) is 0 Å². The Morgan fingerprint density at radius 2 is 1.84 bits per heavy atom. The number of benzene rings is 1. The van der Waals surface area contributed by atoms with Crippen molar-refractivity contribution in [1.29, 1.82) is 0 Å². The van der Waals surface area contributed by atoms with Crippen LogP contribution in [0.15, 0.2) is 42.6 Å².